The largest absolute Gasteiger partial charge is 0.453 e. The third-order valence-electron chi connectivity index (χ3n) is 5.16. The van der Waals surface area contributed by atoms with Gasteiger partial charge in [-0.15, -0.1) is 11.3 Å². The number of fused-ring (bicyclic) bond motifs is 2. The summed E-state index contributed by atoms with van der Waals surface area (Å²) in [5, 5.41) is 4.65. The molecule has 6 nitrogen and oxygen atoms in total. The van der Waals surface area contributed by atoms with Gasteiger partial charge in [-0.1, -0.05) is 6.42 Å². The lowest BCUT2D eigenvalue weighted by molar-refractivity contribution is -0.154. The number of carbonyl (C=O) groups is 3. The maximum Gasteiger partial charge on any atom is 0.306 e. The first-order chi connectivity index (χ1) is 11.4. The molecule has 1 aromatic heterocycles. The van der Waals surface area contributed by atoms with Crippen molar-refractivity contribution in [1.29, 1.82) is 0 Å². The fourth-order valence-corrected chi connectivity index (χ4v) is 4.75. The van der Waals surface area contributed by atoms with Crippen LogP contribution >= 0.6 is 11.3 Å². The highest BCUT2D eigenvalue weighted by atomic mass is 32.1. The van der Waals surface area contributed by atoms with Crippen LogP contribution in [0.1, 0.15) is 49.4 Å². The average molecular weight is 350 g/mol. The van der Waals surface area contributed by atoms with Crippen molar-refractivity contribution < 1.29 is 19.1 Å². The molecule has 7 heteroatoms. The van der Waals surface area contributed by atoms with Crippen LogP contribution in [0.5, 0.6) is 0 Å². The van der Waals surface area contributed by atoms with Crippen molar-refractivity contribution in [3.8, 4) is 0 Å². The second-order valence-electron chi connectivity index (χ2n) is 6.79. The molecule has 130 valence electrons. The monoisotopic (exact) mass is 350 g/mol. The summed E-state index contributed by atoms with van der Waals surface area (Å²) >= 11 is 1.20. The Labute approximate surface area is 144 Å². The van der Waals surface area contributed by atoms with Gasteiger partial charge in [-0.25, -0.2) is 0 Å². The van der Waals surface area contributed by atoms with Crippen LogP contribution in [0.4, 0.5) is 5.00 Å². The predicted octanol–water partition coefficient (Wildman–Crippen LogP) is 2.54. The lowest BCUT2D eigenvalue weighted by Gasteiger charge is -2.21. The highest BCUT2D eigenvalue weighted by Gasteiger charge is 2.40. The van der Waals surface area contributed by atoms with Gasteiger partial charge in [-0.2, -0.15) is 0 Å². The van der Waals surface area contributed by atoms with Crippen LogP contribution in [-0.4, -0.2) is 23.9 Å². The predicted molar refractivity (Wildman–Crippen MR) is 90.6 cm³/mol. The lowest BCUT2D eigenvalue weighted by atomic mass is 9.86. The number of rotatable bonds is 6. The summed E-state index contributed by atoms with van der Waals surface area (Å²) in [7, 11) is 0. The zero-order chi connectivity index (χ0) is 17.3. The number of nitrogens with two attached hydrogens (primary N) is 1. The van der Waals surface area contributed by atoms with Gasteiger partial charge in [-0.05, 0) is 55.4 Å². The summed E-state index contributed by atoms with van der Waals surface area (Å²) in [6, 6.07) is 1.55. The average Bonchev–Trinajstić information content (AvgIpc) is 3.22. The molecule has 4 atom stereocenters. The van der Waals surface area contributed by atoms with Crippen molar-refractivity contribution in [2.45, 2.75) is 45.1 Å². The van der Waals surface area contributed by atoms with Gasteiger partial charge in [0.25, 0.3) is 11.8 Å². The lowest BCUT2D eigenvalue weighted by Crippen LogP contribution is -2.31. The maximum absolute atomic E-state index is 12.2. The molecule has 0 aromatic carbocycles. The summed E-state index contributed by atoms with van der Waals surface area (Å²) < 4.78 is 5.27. The Morgan fingerprint density at radius 2 is 2.17 bits per heavy atom. The van der Waals surface area contributed by atoms with E-state index in [1.165, 1.54) is 37.5 Å². The van der Waals surface area contributed by atoms with E-state index in [0.717, 1.165) is 12.3 Å². The Morgan fingerprint density at radius 1 is 1.38 bits per heavy atom. The Hall–Kier alpha value is -1.89. The van der Waals surface area contributed by atoms with Gasteiger partial charge in [0.15, 0.2) is 6.10 Å². The molecule has 2 bridgehead atoms. The van der Waals surface area contributed by atoms with E-state index in [4.69, 9.17) is 10.5 Å². The van der Waals surface area contributed by atoms with Crippen LogP contribution in [0, 0.1) is 17.8 Å². The third kappa shape index (κ3) is 3.61. The third-order valence-corrected chi connectivity index (χ3v) is 5.99. The van der Waals surface area contributed by atoms with E-state index >= 15 is 0 Å². The number of nitrogens with one attached hydrogen (secondary N) is 1. The Morgan fingerprint density at radius 3 is 2.79 bits per heavy atom. The maximum atomic E-state index is 12.2. The van der Waals surface area contributed by atoms with Gasteiger partial charge in [0.05, 0.1) is 5.56 Å². The number of hydrogen-bond acceptors (Lipinski definition) is 5. The molecule has 2 amide bonds. The zero-order valence-electron chi connectivity index (χ0n) is 13.6. The van der Waals surface area contributed by atoms with Crippen molar-refractivity contribution in [2.24, 2.45) is 23.5 Å². The van der Waals surface area contributed by atoms with Crippen molar-refractivity contribution in [3.05, 3.63) is 17.0 Å². The van der Waals surface area contributed by atoms with Gasteiger partial charge in [0, 0.05) is 6.42 Å². The smallest absolute Gasteiger partial charge is 0.306 e. The molecular formula is C17H22N2O4S. The van der Waals surface area contributed by atoms with Crippen molar-refractivity contribution in [1.82, 2.24) is 0 Å². The van der Waals surface area contributed by atoms with Crippen LogP contribution in [0.25, 0.3) is 0 Å². The first-order valence-electron chi connectivity index (χ1n) is 8.31. The molecule has 4 unspecified atom stereocenters. The van der Waals surface area contributed by atoms with Crippen LogP contribution in [-0.2, 0) is 14.3 Å². The molecule has 3 rings (SSSR count). The second-order valence-corrected chi connectivity index (χ2v) is 7.70. The zero-order valence-corrected chi connectivity index (χ0v) is 14.4. The minimum absolute atomic E-state index is 0.258. The van der Waals surface area contributed by atoms with Crippen LogP contribution < -0.4 is 11.1 Å². The SMILES string of the molecule is CC(OC(=O)CC1CC2CCC1C2)C(=O)Nc1sccc1C(N)=O. The van der Waals surface area contributed by atoms with E-state index in [-0.39, 0.29) is 11.5 Å². The van der Waals surface area contributed by atoms with Gasteiger partial charge in [0.1, 0.15) is 5.00 Å². The van der Waals surface area contributed by atoms with Crippen LogP contribution in [0.2, 0.25) is 0 Å². The number of primary amides is 1. The highest BCUT2D eigenvalue weighted by Crippen LogP contribution is 2.49. The van der Waals surface area contributed by atoms with Crippen molar-refractivity contribution >= 4 is 34.1 Å². The molecule has 0 saturated heterocycles. The molecule has 1 aromatic rings. The van der Waals surface area contributed by atoms with Crippen molar-refractivity contribution in [2.75, 3.05) is 5.32 Å². The molecule has 3 N–H and O–H groups in total. The molecule has 0 spiro atoms. The minimum Gasteiger partial charge on any atom is -0.453 e. The molecule has 0 radical (unpaired) electrons. The summed E-state index contributed by atoms with van der Waals surface area (Å²) in [4.78, 5) is 35.5. The second kappa shape index (κ2) is 6.93. The highest BCUT2D eigenvalue weighted by molar-refractivity contribution is 7.14. The Balaban J connectivity index is 1.49. The Bertz CT molecular complexity index is 657. The molecular weight excluding hydrogens is 328 g/mol. The van der Waals surface area contributed by atoms with Gasteiger partial charge < -0.3 is 15.8 Å². The number of thiophene rings is 1. The van der Waals surface area contributed by atoms with E-state index in [9.17, 15) is 14.4 Å². The van der Waals surface area contributed by atoms with E-state index < -0.39 is 17.9 Å². The van der Waals surface area contributed by atoms with Gasteiger partial charge in [0.2, 0.25) is 0 Å². The summed E-state index contributed by atoms with van der Waals surface area (Å²) in [6.07, 6.45) is 4.34. The van der Waals surface area contributed by atoms with Gasteiger partial charge >= 0.3 is 5.97 Å². The molecule has 2 aliphatic rings. The molecule has 24 heavy (non-hydrogen) atoms. The first kappa shape index (κ1) is 17.0. The standard InChI is InChI=1S/C17H22N2O4S/c1-9(16(22)19-17-13(15(18)21)4-5-24-17)23-14(20)8-12-7-10-2-3-11(12)6-10/h4-5,9-12H,2-3,6-8H2,1H3,(H2,18,21)(H,19,22). The summed E-state index contributed by atoms with van der Waals surface area (Å²) in [6.45, 7) is 1.53. The fraction of sp³-hybridized carbons (Fsp3) is 0.588. The number of esters is 1. The number of amides is 2. The van der Waals surface area contributed by atoms with E-state index in [2.05, 4.69) is 5.32 Å². The number of ether oxygens (including phenoxy) is 1. The molecule has 2 saturated carbocycles. The fourth-order valence-electron chi connectivity index (χ4n) is 3.95. The summed E-state index contributed by atoms with van der Waals surface area (Å²) in [5.41, 5.74) is 5.50. The first-order valence-corrected chi connectivity index (χ1v) is 9.19. The topological polar surface area (TPSA) is 98.5 Å². The quantitative estimate of drug-likeness (QED) is 0.770. The number of hydrogen-bond donors (Lipinski definition) is 2. The number of anilines is 1. The number of carbonyl (C=O) groups excluding carboxylic acids is 3. The summed E-state index contributed by atoms with van der Waals surface area (Å²) in [5.74, 6) is 0.450. The van der Waals surface area contributed by atoms with Gasteiger partial charge in [-0.3, -0.25) is 14.4 Å². The molecule has 1 heterocycles. The van der Waals surface area contributed by atoms with Crippen LogP contribution in [0.3, 0.4) is 0 Å². The van der Waals surface area contributed by atoms with E-state index in [1.807, 2.05) is 0 Å². The molecule has 2 fully saturated rings. The molecule has 0 aliphatic heterocycles. The van der Waals surface area contributed by atoms with Crippen LogP contribution in [0.15, 0.2) is 11.4 Å². The minimum atomic E-state index is -0.904. The molecule has 2 aliphatic carbocycles. The van der Waals surface area contributed by atoms with Crippen molar-refractivity contribution in [3.63, 3.8) is 0 Å². The normalized spacial score (nSPS) is 26.1. The van der Waals surface area contributed by atoms with E-state index in [0.29, 0.717) is 23.3 Å². The van der Waals surface area contributed by atoms with E-state index in [1.54, 1.807) is 11.4 Å². The Kier molecular flexibility index (Phi) is 4.89.